The van der Waals surface area contributed by atoms with E-state index in [4.69, 9.17) is 5.73 Å². The van der Waals surface area contributed by atoms with E-state index >= 15 is 0 Å². The third-order valence-corrected chi connectivity index (χ3v) is 5.31. The number of nitrogens with zero attached hydrogens (tertiary/aromatic N) is 1. The number of nitrogens with two attached hydrogens (primary N) is 1. The van der Waals surface area contributed by atoms with Gasteiger partial charge in [0, 0.05) is 5.69 Å². The Morgan fingerprint density at radius 2 is 1.71 bits per heavy atom. The van der Waals surface area contributed by atoms with Crippen LogP contribution in [0, 0.1) is 0 Å². The van der Waals surface area contributed by atoms with Gasteiger partial charge in [0.25, 0.3) is 15.6 Å². The minimum Gasteiger partial charge on any atom is -0.399 e. The van der Waals surface area contributed by atoms with E-state index in [1.807, 2.05) is 0 Å². The number of sulfonamides is 1. The Balaban J connectivity index is 2.03. The van der Waals surface area contributed by atoms with Crippen molar-refractivity contribution in [3.63, 3.8) is 0 Å². The van der Waals surface area contributed by atoms with Crippen molar-refractivity contribution in [2.75, 3.05) is 10.6 Å². The molecule has 1 aromatic heterocycles. The van der Waals surface area contributed by atoms with Gasteiger partial charge in [0.05, 0.1) is 15.0 Å². The molecule has 8 heteroatoms. The van der Waals surface area contributed by atoms with Crippen molar-refractivity contribution in [2.24, 2.45) is 0 Å². The Morgan fingerprint density at radius 1 is 1.05 bits per heavy atom. The van der Waals surface area contributed by atoms with Crippen LogP contribution >= 0.6 is 11.5 Å². The molecular formula is C13H11N3O3S2. The molecule has 3 aromatic rings. The van der Waals surface area contributed by atoms with E-state index in [-0.39, 0.29) is 4.90 Å². The second-order valence-electron chi connectivity index (χ2n) is 4.35. The largest absolute Gasteiger partial charge is 0.399 e. The molecule has 21 heavy (non-hydrogen) atoms. The SMILES string of the molecule is Nc1ccc(S(=O)(=O)Nn2sc3ccccc3c2=O)cc1. The van der Waals surface area contributed by atoms with E-state index in [1.165, 1.54) is 24.3 Å². The fourth-order valence-corrected chi connectivity index (χ4v) is 3.96. The summed E-state index contributed by atoms with van der Waals surface area (Å²) < 4.78 is 26.2. The molecule has 6 nitrogen and oxygen atoms in total. The molecule has 0 fully saturated rings. The van der Waals surface area contributed by atoms with Crippen molar-refractivity contribution in [2.45, 2.75) is 4.90 Å². The Labute approximate surface area is 124 Å². The molecule has 0 bridgehead atoms. The van der Waals surface area contributed by atoms with Crippen molar-refractivity contribution in [1.82, 2.24) is 4.07 Å². The van der Waals surface area contributed by atoms with Crippen molar-refractivity contribution >= 4 is 37.3 Å². The van der Waals surface area contributed by atoms with Crippen LogP contribution < -0.4 is 16.1 Å². The van der Waals surface area contributed by atoms with Gasteiger partial charge in [-0.3, -0.25) is 4.79 Å². The highest BCUT2D eigenvalue weighted by molar-refractivity contribution is 7.92. The standard InChI is InChI=1S/C13H11N3O3S2/c14-9-5-7-10(8-6-9)21(18,19)15-16-13(17)11-3-1-2-4-12(11)20-16/h1-8,15H,14H2. The number of nitrogen functional groups attached to an aromatic ring is 1. The summed E-state index contributed by atoms with van der Waals surface area (Å²) in [5.41, 5.74) is 5.60. The minimum atomic E-state index is -3.83. The maximum atomic E-state index is 12.2. The smallest absolute Gasteiger partial charge is 0.288 e. The molecule has 0 saturated heterocycles. The zero-order valence-electron chi connectivity index (χ0n) is 10.7. The van der Waals surface area contributed by atoms with Crippen molar-refractivity contribution in [1.29, 1.82) is 0 Å². The van der Waals surface area contributed by atoms with Gasteiger partial charge < -0.3 is 5.73 Å². The number of hydrogen-bond acceptors (Lipinski definition) is 5. The fraction of sp³-hybridized carbons (Fsp3) is 0. The number of aromatic nitrogens is 1. The molecule has 0 radical (unpaired) electrons. The zero-order valence-corrected chi connectivity index (χ0v) is 12.3. The molecule has 3 rings (SSSR count). The molecule has 3 N–H and O–H groups in total. The van der Waals surface area contributed by atoms with Crippen LogP contribution in [-0.4, -0.2) is 12.5 Å². The van der Waals surface area contributed by atoms with Crippen LogP contribution in [0.15, 0.2) is 58.2 Å². The maximum Gasteiger partial charge on any atom is 0.288 e. The first-order valence-electron chi connectivity index (χ1n) is 5.97. The van der Waals surface area contributed by atoms with Gasteiger partial charge in [0.1, 0.15) is 0 Å². The Bertz CT molecular complexity index is 956. The molecule has 0 aliphatic rings. The van der Waals surface area contributed by atoms with Crippen molar-refractivity contribution in [3.05, 3.63) is 58.9 Å². The lowest BCUT2D eigenvalue weighted by Crippen LogP contribution is -2.29. The van der Waals surface area contributed by atoms with Gasteiger partial charge in [-0.2, -0.15) is 12.5 Å². The average molecular weight is 321 g/mol. The highest BCUT2D eigenvalue weighted by Crippen LogP contribution is 2.17. The summed E-state index contributed by atoms with van der Waals surface area (Å²) >= 11 is 1.04. The summed E-state index contributed by atoms with van der Waals surface area (Å²) in [5.74, 6) is 0. The molecule has 1 heterocycles. The number of anilines is 1. The van der Waals surface area contributed by atoms with Gasteiger partial charge in [0.15, 0.2) is 0 Å². The Morgan fingerprint density at radius 3 is 2.38 bits per heavy atom. The highest BCUT2D eigenvalue weighted by Gasteiger charge is 2.16. The first-order chi connectivity index (χ1) is 9.97. The molecule has 0 atom stereocenters. The summed E-state index contributed by atoms with van der Waals surface area (Å²) in [4.78, 5) is 14.4. The minimum absolute atomic E-state index is 0.0426. The Hall–Kier alpha value is -2.32. The number of hydrogen-bond donors (Lipinski definition) is 2. The van der Waals surface area contributed by atoms with Gasteiger partial charge in [-0.25, -0.2) is 4.83 Å². The molecule has 0 unspecified atom stereocenters. The summed E-state index contributed by atoms with van der Waals surface area (Å²) in [6, 6.07) is 12.7. The second kappa shape index (κ2) is 4.90. The molecule has 0 spiro atoms. The lowest BCUT2D eigenvalue weighted by atomic mass is 10.3. The van der Waals surface area contributed by atoms with Crippen LogP contribution in [0.4, 0.5) is 5.69 Å². The van der Waals surface area contributed by atoms with Gasteiger partial charge in [-0.1, -0.05) is 12.1 Å². The predicted octanol–water partition coefficient (Wildman–Crippen LogP) is 1.58. The van der Waals surface area contributed by atoms with Gasteiger partial charge >= 0.3 is 0 Å². The number of nitrogens with one attached hydrogen (secondary N) is 1. The molecular weight excluding hydrogens is 310 g/mol. The lowest BCUT2D eigenvalue weighted by molar-refractivity contribution is 0.596. The molecule has 108 valence electrons. The summed E-state index contributed by atoms with van der Waals surface area (Å²) in [6.07, 6.45) is 0. The normalized spacial score (nSPS) is 11.6. The third kappa shape index (κ3) is 2.50. The number of benzene rings is 2. The van der Waals surface area contributed by atoms with E-state index in [2.05, 4.69) is 4.83 Å². The first-order valence-corrected chi connectivity index (χ1v) is 8.22. The van der Waals surface area contributed by atoms with Crippen molar-refractivity contribution in [3.8, 4) is 0 Å². The summed E-state index contributed by atoms with van der Waals surface area (Å²) in [5, 5.41) is 0.475. The van der Waals surface area contributed by atoms with Gasteiger partial charge in [0.2, 0.25) is 0 Å². The van der Waals surface area contributed by atoms with Crippen LogP contribution in [0.5, 0.6) is 0 Å². The summed E-state index contributed by atoms with van der Waals surface area (Å²) in [6.45, 7) is 0. The van der Waals surface area contributed by atoms with E-state index in [1.54, 1.807) is 24.3 Å². The fourth-order valence-electron chi connectivity index (χ4n) is 1.84. The quantitative estimate of drug-likeness (QED) is 0.716. The highest BCUT2D eigenvalue weighted by atomic mass is 32.2. The van der Waals surface area contributed by atoms with Crippen LogP contribution in [0.3, 0.4) is 0 Å². The number of fused-ring (bicyclic) bond motifs is 1. The first kappa shape index (κ1) is 13.7. The van der Waals surface area contributed by atoms with Crippen LogP contribution in [0.2, 0.25) is 0 Å². The predicted molar refractivity (Wildman–Crippen MR) is 83.5 cm³/mol. The molecule has 0 saturated carbocycles. The van der Waals surface area contributed by atoms with E-state index in [9.17, 15) is 13.2 Å². The van der Waals surface area contributed by atoms with E-state index < -0.39 is 15.6 Å². The van der Waals surface area contributed by atoms with Crippen LogP contribution in [0.1, 0.15) is 0 Å². The van der Waals surface area contributed by atoms with E-state index in [0.29, 0.717) is 15.8 Å². The second-order valence-corrected chi connectivity index (χ2v) is 7.00. The molecule has 2 aromatic carbocycles. The van der Waals surface area contributed by atoms with Crippen LogP contribution in [0.25, 0.3) is 10.1 Å². The zero-order chi connectivity index (χ0) is 15.0. The summed E-state index contributed by atoms with van der Waals surface area (Å²) in [7, 11) is -3.83. The van der Waals surface area contributed by atoms with Gasteiger partial charge in [-0.05, 0) is 47.9 Å². The Kier molecular flexibility index (Phi) is 3.19. The van der Waals surface area contributed by atoms with E-state index in [0.717, 1.165) is 15.6 Å². The maximum absolute atomic E-state index is 12.2. The third-order valence-electron chi connectivity index (χ3n) is 2.89. The topological polar surface area (TPSA) is 94.2 Å². The van der Waals surface area contributed by atoms with Crippen LogP contribution in [-0.2, 0) is 10.0 Å². The van der Waals surface area contributed by atoms with Crippen molar-refractivity contribution < 1.29 is 8.42 Å². The molecule has 0 aliphatic carbocycles. The molecule has 0 aliphatic heterocycles. The number of rotatable bonds is 3. The van der Waals surface area contributed by atoms with Gasteiger partial charge in [-0.15, -0.1) is 0 Å². The monoisotopic (exact) mass is 321 g/mol. The molecule has 0 amide bonds. The average Bonchev–Trinajstić information content (AvgIpc) is 2.76. The lowest BCUT2D eigenvalue weighted by Gasteiger charge is -2.07.